The van der Waals surface area contributed by atoms with Crippen LogP contribution >= 0.6 is 11.6 Å². The van der Waals surface area contributed by atoms with Crippen LogP contribution < -0.4 is 0 Å². The Hall–Kier alpha value is -3.15. The summed E-state index contributed by atoms with van der Waals surface area (Å²) in [6.07, 6.45) is -6.86. The number of halogens is 7. The summed E-state index contributed by atoms with van der Waals surface area (Å²) < 4.78 is 87.3. The molecule has 0 saturated carbocycles. The topological polar surface area (TPSA) is 65.2 Å². The molecule has 0 aliphatic rings. The molecule has 0 unspecified atom stereocenters. The van der Waals surface area contributed by atoms with Crippen molar-refractivity contribution in [1.82, 2.24) is 19.7 Å². The molecule has 0 radical (unpaired) electrons. The van der Waals surface area contributed by atoms with Gasteiger partial charge < -0.3 is 4.74 Å². The second-order valence-electron chi connectivity index (χ2n) is 6.65. The van der Waals surface area contributed by atoms with Crippen LogP contribution in [0.3, 0.4) is 0 Å². The molecule has 0 spiro atoms. The molecule has 1 aromatic carbocycles. The van der Waals surface area contributed by atoms with E-state index in [1.165, 1.54) is 18.5 Å². The van der Waals surface area contributed by atoms with E-state index in [1.807, 2.05) is 0 Å². The molecular formula is C19H14ClF6N5O. The quantitative estimate of drug-likeness (QED) is 0.253. The van der Waals surface area contributed by atoms with E-state index in [4.69, 9.17) is 16.3 Å². The van der Waals surface area contributed by atoms with Crippen molar-refractivity contribution in [2.75, 3.05) is 0 Å². The molecule has 0 aliphatic carbocycles. The maximum absolute atomic E-state index is 13.9. The number of hydrogen-bond acceptors (Lipinski definition) is 5. The molecule has 0 atom stereocenters. The van der Waals surface area contributed by atoms with E-state index in [9.17, 15) is 26.3 Å². The molecule has 6 nitrogen and oxygen atoms in total. The second kappa shape index (κ2) is 8.77. The molecule has 0 aliphatic heterocycles. The highest BCUT2D eigenvalue weighted by Gasteiger charge is 2.41. The Bertz CT molecular complexity index is 1130. The molecule has 2 heterocycles. The summed E-state index contributed by atoms with van der Waals surface area (Å²) in [7, 11) is 0. The maximum atomic E-state index is 13.9. The Balaban J connectivity index is 2.36. The van der Waals surface area contributed by atoms with Gasteiger partial charge in [-0.15, -0.1) is 0 Å². The van der Waals surface area contributed by atoms with Crippen molar-refractivity contribution in [2.24, 2.45) is 4.99 Å². The molecule has 0 saturated heterocycles. The van der Waals surface area contributed by atoms with Gasteiger partial charge in [-0.2, -0.15) is 36.1 Å². The lowest BCUT2D eigenvalue weighted by Gasteiger charge is -2.12. The first kappa shape index (κ1) is 23.5. The Morgan fingerprint density at radius 2 is 1.69 bits per heavy atom. The minimum atomic E-state index is -5.04. The maximum Gasteiger partial charge on any atom is 0.435 e. The van der Waals surface area contributed by atoms with Gasteiger partial charge in [0.05, 0.1) is 17.2 Å². The Morgan fingerprint density at radius 1 is 1.03 bits per heavy atom. The Labute approximate surface area is 182 Å². The first-order valence-electron chi connectivity index (χ1n) is 8.91. The van der Waals surface area contributed by atoms with Crippen LogP contribution in [-0.2, 0) is 17.1 Å². The van der Waals surface area contributed by atoms with Gasteiger partial charge in [-0.05, 0) is 43.7 Å². The third kappa shape index (κ3) is 5.18. The van der Waals surface area contributed by atoms with Crippen molar-refractivity contribution >= 4 is 23.8 Å². The molecule has 3 rings (SSSR count). The molecule has 170 valence electrons. The predicted molar refractivity (Wildman–Crippen MR) is 104 cm³/mol. The number of hydrogen-bond donors (Lipinski definition) is 0. The number of benzene rings is 1. The average molecular weight is 478 g/mol. The zero-order chi connectivity index (χ0) is 23.7. The fourth-order valence-electron chi connectivity index (χ4n) is 2.63. The molecule has 13 heteroatoms. The number of ether oxygens (including phenoxy) is 1. The first-order valence-corrected chi connectivity index (χ1v) is 9.29. The van der Waals surface area contributed by atoms with Crippen molar-refractivity contribution in [2.45, 2.75) is 32.3 Å². The zero-order valence-corrected chi connectivity index (χ0v) is 17.2. The van der Waals surface area contributed by atoms with Crippen LogP contribution in [-0.4, -0.2) is 32.3 Å². The van der Waals surface area contributed by atoms with E-state index in [-0.39, 0.29) is 12.1 Å². The molecule has 0 bridgehead atoms. The number of aromatic nitrogens is 4. The molecule has 0 N–H and O–H groups in total. The lowest BCUT2D eigenvalue weighted by atomic mass is 10.0. The normalized spacial score (nSPS) is 12.7. The summed E-state index contributed by atoms with van der Waals surface area (Å²) in [6, 6.07) is 3.53. The molecule has 32 heavy (non-hydrogen) atoms. The van der Waals surface area contributed by atoms with Gasteiger partial charge in [-0.25, -0.2) is 15.0 Å². The van der Waals surface area contributed by atoms with E-state index in [1.54, 1.807) is 13.8 Å². The number of aliphatic imine (C=N–C) groups is 1. The van der Waals surface area contributed by atoms with E-state index in [0.29, 0.717) is 16.8 Å². The Kier molecular flexibility index (Phi) is 6.44. The molecular weight excluding hydrogens is 464 g/mol. The van der Waals surface area contributed by atoms with Gasteiger partial charge in [0.25, 0.3) is 5.95 Å². The molecule has 0 amide bonds. The van der Waals surface area contributed by atoms with Crippen molar-refractivity contribution in [1.29, 1.82) is 0 Å². The van der Waals surface area contributed by atoms with Gasteiger partial charge in [0.15, 0.2) is 17.9 Å². The fourth-order valence-corrected chi connectivity index (χ4v) is 2.87. The SMILES string of the molecule is CC(C)OC=Nc1c(-c2cc(Cl)cc(C(F)(F)F)c2)c(C(F)(F)F)nn1-c1ncccn1. The first-order chi connectivity index (χ1) is 14.9. The summed E-state index contributed by atoms with van der Waals surface area (Å²) in [4.78, 5) is 11.6. The largest absolute Gasteiger partial charge is 0.480 e. The van der Waals surface area contributed by atoms with Gasteiger partial charge in [0.1, 0.15) is 0 Å². The van der Waals surface area contributed by atoms with E-state index in [0.717, 1.165) is 12.5 Å². The van der Waals surface area contributed by atoms with Crippen LogP contribution in [0.2, 0.25) is 5.02 Å². The second-order valence-corrected chi connectivity index (χ2v) is 7.09. The number of alkyl halides is 6. The highest BCUT2D eigenvalue weighted by atomic mass is 35.5. The van der Waals surface area contributed by atoms with Crippen LogP contribution in [0.1, 0.15) is 25.1 Å². The molecule has 3 aromatic rings. The number of rotatable bonds is 5. The van der Waals surface area contributed by atoms with Crippen molar-refractivity contribution in [3.05, 3.63) is 52.9 Å². The van der Waals surface area contributed by atoms with Crippen LogP contribution in [0.15, 0.2) is 41.7 Å². The third-order valence-corrected chi connectivity index (χ3v) is 4.11. The standard InChI is InChI=1S/C19H14ClF6N5O/c1-10(2)32-9-29-16-14(11-6-12(18(21,22)23)8-13(20)7-11)15(19(24,25)26)30-31(16)17-27-4-3-5-28-17/h3-10H,1-2H3. The smallest absolute Gasteiger partial charge is 0.435 e. The van der Waals surface area contributed by atoms with E-state index >= 15 is 0 Å². The molecule has 2 aromatic heterocycles. The predicted octanol–water partition coefficient (Wildman–Crippen LogP) is 6.11. The lowest BCUT2D eigenvalue weighted by molar-refractivity contribution is -0.140. The summed E-state index contributed by atoms with van der Waals surface area (Å²) >= 11 is 5.80. The van der Waals surface area contributed by atoms with Crippen molar-refractivity contribution in [3.63, 3.8) is 0 Å². The van der Waals surface area contributed by atoms with Gasteiger partial charge in [0, 0.05) is 17.4 Å². The zero-order valence-electron chi connectivity index (χ0n) is 16.4. The number of nitrogens with zero attached hydrogens (tertiary/aromatic N) is 5. The van der Waals surface area contributed by atoms with E-state index in [2.05, 4.69) is 20.1 Å². The highest BCUT2D eigenvalue weighted by molar-refractivity contribution is 6.31. The third-order valence-electron chi connectivity index (χ3n) is 3.89. The van der Waals surface area contributed by atoms with Crippen molar-refractivity contribution in [3.8, 4) is 17.1 Å². The highest BCUT2D eigenvalue weighted by Crippen LogP contribution is 2.44. The van der Waals surface area contributed by atoms with Crippen LogP contribution in [0, 0.1) is 0 Å². The molecule has 0 fully saturated rings. The van der Waals surface area contributed by atoms with Crippen LogP contribution in [0.5, 0.6) is 0 Å². The minimum Gasteiger partial charge on any atom is -0.480 e. The lowest BCUT2D eigenvalue weighted by Crippen LogP contribution is -2.10. The summed E-state index contributed by atoms with van der Waals surface area (Å²) in [5.41, 5.74) is -3.94. The van der Waals surface area contributed by atoms with Crippen LogP contribution in [0.4, 0.5) is 32.2 Å². The monoisotopic (exact) mass is 477 g/mol. The van der Waals surface area contributed by atoms with Crippen LogP contribution in [0.25, 0.3) is 17.1 Å². The minimum absolute atomic E-state index is 0.279. The van der Waals surface area contributed by atoms with E-state index < -0.39 is 45.6 Å². The summed E-state index contributed by atoms with van der Waals surface area (Å²) in [5.74, 6) is -0.765. The Morgan fingerprint density at radius 3 is 2.25 bits per heavy atom. The van der Waals surface area contributed by atoms with Crippen molar-refractivity contribution < 1.29 is 31.1 Å². The summed E-state index contributed by atoms with van der Waals surface area (Å²) in [5, 5.41) is 3.10. The average Bonchev–Trinajstić information content (AvgIpc) is 3.07. The van der Waals surface area contributed by atoms with Gasteiger partial charge in [-0.1, -0.05) is 11.6 Å². The fraction of sp³-hybridized carbons (Fsp3) is 0.263. The summed E-state index contributed by atoms with van der Waals surface area (Å²) in [6.45, 7) is 3.30. The van der Waals surface area contributed by atoms with Gasteiger partial charge in [0.2, 0.25) is 0 Å². The van der Waals surface area contributed by atoms with Gasteiger partial charge in [-0.3, -0.25) is 0 Å². The van der Waals surface area contributed by atoms with Gasteiger partial charge >= 0.3 is 12.4 Å².